The van der Waals surface area contributed by atoms with Crippen LogP contribution in [0.15, 0.2) is 0 Å². The van der Waals surface area contributed by atoms with E-state index >= 15 is 0 Å². The van der Waals surface area contributed by atoms with Crippen molar-refractivity contribution < 1.29 is 14.3 Å². The third kappa shape index (κ3) is 3.67. The minimum absolute atomic E-state index is 0.0101. The lowest BCUT2D eigenvalue weighted by atomic mass is 10.1. The maximum absolute atomic E-state index is 12.3. The summed E-state index contributed by atoms with van der Waals surface area (Å²) < 4.78 is 5.66. The normalized spacial score (nSPS) is 29.5. The molecule has 2 aliphatic heterocycles. The van der Waals surface area contributed by atoms with E-state index in [0.717, 1.165) is 19.5 Å². The predicted octanol–water partition coefficient (Wildman–Crippen LogP) is -0.556. The molecule has 2 aliphatic rings. The minimum Gasteiger partial charge on any atom is -0.374 e. The van der Waals surface area contributed by atoms with Gasteiger partial charge in [0, 0.05) is 19.6 Å². The quantitative estimate of drug-likeness (QED) is 0.743. The molecule has 1 N–H and O–H groups in total. The van der Waals surface area contributed by atoms with E-state index in [1.54, 1.807) is 4.90 Å². The van der Waals surface area contributed by atoms with E-state index in [2.05, 4.69) is 10.2 Å². The van der Waals surface area contributed by atoms with Crippen molar-refractivity contribution in [3.63, 3.8) is 0 Å². The van der Waals surface area contributed by atoms with Crippen molar-refractivity contribution in [2.75, 3.05) is 39.8 Å². The van der Waals surface area contributed by atoms with Crippen LogP contribution in [-0.4, -0.2) is 73.6 Å². The van der Waals surface area contributed by atoms with Gasteiger partial charge in [-0.1, -0.05) is 13.3 Å². The molecule has 108 valence electrons. The number of hydrogen-bond donors (Lipinski definition) is 1. The number of likely N-dealkylation sites (N-methyl/N-ethyl adjacent to an activating group) is 1. The number of carbonyl (C=O) groups is 2. The number of nitrogens with one attached hydrogen (secondary N) is 1. The van der Waals surface area contributed by atoms with Gasteiger partial charge in [0.15, 0.2) is 0 Å². The van der Waals surface area contributed by atoms with E-state index in [-0.39, 0.29) is 30.5 Å². The molecule has 2 atom stereocenters. The number of carbonyl (C=O) groups excluding carboxylic acids is 2. The summed E-state index contributed by atoms with van der Waals surface area (Å²) >= 11 is 0. The van der Waals surface area contributed by atoms with Gasteiger partial charge in [0.1, 0.15) is 6.04 Å². The molecule has 2 amide bonds. The Kier molecular flexibility index (Phi) is 4.76. The molecule has 0 bridgehead atoms. The highest BCUT2D eigenvalue weighted by atomic mass is 16.5. The molecule has 19 heavy (non-hydrogen) atoms. The fraction of sp³-hybridized carbons (Fsp3) is 0.846. The van der Waals surface area contributed by atoms with Crippen LogP contribution in [0.3, 0.4) is 0 Å². The Bertz CT molecular complexity index is 348. The van der Waals surface area contributed by atoms with Crippen molar-refractivity contribution in [1.29, 1.82) is 0 Å². The number of hydrogen-bond acceptors (Lipinski definition) is 4. The summed E-state index contributed by atoms with van der Waals surface area (Å²) in [5.74, 6) is -0.0412. The van der Waals surface area contributed by atoms with Crippen LogP contribution in [-0.2, 0) is 14.3 Å². The van der Waals surface area contributed by atoms with Crippen molar-refractivity contribution in [1.82, 2.24) is 15.1 Å². The number of rotatable bonds is 4. The van der Waals surface area contributed by atoms with Gasteiger partial charge in [0.05, 0.1) is 19.3 Å². The second kappa shape index (κ2) is 6.34. The Hall–Kier alpha value is -1.14. The van der Waals surface area contributed by atoms with E-state index < -0.39 is 0 Å². The molecule has 6 heteroatoms. The Labute approximate surface area is 114 Å². The lowest BCUT2D eigenvalue weighted by Crippen LogP contribution is -2.60. The standard InChI is InChI=1S/C13H23N3O3/c1-3-4-11-13(18)16(9-12(17)14-11)8-10-7-15(2)5-6-19-10/h10-11H,3-9H2,1-2H3,(H,14,17). The minimum atomic E-state index is -0.354. The van der Waals surface area contributed by atoms with Crippen LogP contribution in [0, 0.1) is 0 Å². The van der Waals surface area contributed by atoms with Crippen LogP contribution in [0.25, 0.3) is 0 Å². The van der Waals surface area contributed by atoms with Gasteiger partial charge >= 0.3 is 0 Å². The first-order valence-corrected chi connectivity index (χ1v) is 6.98. The van der Waals surface area contributed by atoms with Gasteiger partial charge in [-0.05, 0) is 13.5 Å². The average molecular weight is 269 g/mol. The maximum Gasteiger partial charge on any atom is 0.245 e. The first kappa shape index (κ1) is 14.3. The molecule has 0 aromatic rings. The molecule has 0 radical (unpaired) electrons. The van der Waals surface area contributed by atoms with Crippen molar-refractivity contribution in [3.8, 4) is 0 Å². The maximum atomic E-state index is 12.3. The molecule has 2 heterocycles. The molecule has 0 saturated carbocycles. The second-order valence-electron chi connectivity index (χ2n) is 5.38. The Morgan fingerprint density at radius 1 is 1.42 bits per heavy atom. The summed E-state index contributed by atoms with van der Waals surface area (Å²) in [6, 6.07) is -0.354. The molecule has 2 rings (SSSR count). The Balaban J connectivity index is 1.94. The number of nitrogens with zero attached hydrogens (tertiary/aromatic N) is 2. The molecule has 6 nitrogen and oxygen atoms in total. The number of piperazine rings is 1. The van der Waals surface area contributed by atoms with Gasteiger partial charge < -0.3 is 19.9 Å². The van der Waals surface area contributed by atoms with Crippen LogP contribution in [0.5, 0.6) is 0 Å². The van der Waals surface area contributed by atoms with Crippen LogP contribution >= 0.6 is 0 Å². The van der Waals surface area contributed by atoms with E-state index in [1.807, 2.05) is 14.0 Å². The second-order valence-corrected chi connectivity index (χ2v) is 5.38. The van der Waals surface area contributed by atoms with Crippen molar-refractivity contribution in [3.05, 3.63) is 0 Å². The van der Waals surface area contributed by atoms with E-state index in [0.29, 0.717) is 19.6 Å². The zero-order valence-corrected chi connectivity index (χ0v) is 11.7. The lowest BCUT2D eigenvalue weighted by Gasteiger charge is -2.37. The number of amides is 2. The largest absolute Gasteiger partial charge is 0.374 e. The molecule has 2 unspecified atom stereocenters. The summed E-state index contributed by atoms with van der Waals surface area (Å²) in [5.41, 5.74) is 0. The molecule has 0 aromatic heterocycles. The average Bonchev–Trinajstić information content (AvgIpc) is 2.35. The molecule has 0 aliphatic carbocycles. The number of morpholine rings is 1. The van der Waals surface area contributed by atoms with E-state index in [9.17, 15) is 9.59 Å². The van der Waals surface area contributed by atoms with Gasteiger partial charge in [0.2, 0.25) is 11.8 Å². The highest BCUT2D eigenvalue weighted by molar-refractivity contribution is 5.94. The lowest BCUT2D eigenvalue weighted by molar-refractivity contribution is -0.147. The number of ether oxygens (including phenoxy) is 1. The van der Waals surface area contributed by atoms with Crippen LogP contribution in [0.1, 0.15) is 19.8 Å². The summed E-state index contributed by atoms with van der Waals surface area (Å²) in [5, 5.41) is 2.76. The van der Waals surface area contributed by atoms with Gasteiger partial charge in [-0.25, -0.2) is 0 Å². The molecular formula is C13H23N3O3. The molecule has 2 saturated heterocycles. The zero-order chi connectivity index (χ0) is 13.8. The van der Waals surface area contributed by atoms with Crippen molar-refractivity contribution in [2.45, 2.75) is 31.9 Å². The van der Waals surface area contributed by atoms with E-state index in [1.165, 1.54) is 0 Å². The summed E-state index contributed by atoms with van der Waals surface area (Å²) in [4.78, 5) is 27.7. The SMILES string of the molecule is CCCC1NC(=O)CN(CC2CN(C)CCO2)C1=O. The van der Waals surface area contributed by atoms with Gasteiger partial charge in [-0.3, -0.25) is 9.59 Å². The fourth-order valence-electron chi connectivity index (χ4n) is 2.64. The van der Waals surface area contributed by atoms with Crippen LogP contribution < -0.4 is 5.32 Å². The zero-order valence-electron chi connectivity index (χ0n) is 11.7. The highest BCUT2D eigenvalue weighted by Gasteiger charge is 2.33. The smallest absolute Gasteiger partial charge is 0.245 e. The molecule has 2 fully saturated rings. The monoisotopic (exact) mass is 269 g/mol. The van der Waals surface area contributed by atoms with Gasteiger partial charge in [-0.15, -0.1) is 0 Å². The summed E-state index contributed by atoms with van der Waals surface area (Å²) in [7, 11) is 2.04. The van der Waals surface area contributed by atoms with Gasteiger partial charge in [-0.2, -0.15) is 0 Å². The third-order valence-corrected chi connectivity index (χ3v) is 3.62. The Morgan fingerprint density at radius 2 is 2.21 bits per heavy atom. The van der Waals surface area contributed by atoms with Crippen molar-refractivity contribution in [2.24, 2.45) is 0 Å². The predicted molar refractivity (Wildman–Crippen MR) is 70.7 cm³/mol. The Morgan fingerprint density at radius 3 is 2.89 bits per heavy atom. The summed E-state index contributed by atoms with van der Waals surface area (Å²) in [6.07, 6.45) is 1.59. The summed E-state index contributed by atoms with van der Waals surface area (Å²) in [6.45, 7) is 5.10. The topological polar surface area (TPSA) is 61.9 Å². The first-order valence-electron chi connectivity index (χ1n) is 6.98. The van der Waals surface area contributed by atoms with Crippen LogP contribution in [0.4, 0.5) is 0 Å². The van der Waals surface area contributed by atoms with E-state index in [4.69, 9.17) is 4.74 Å². The molecule has 0 aromatic carbocycles. The first-order chi connectivity index (χ1) is 9.10. The third-order valence-electron chi connectivity index (χ3n) is 3.62. The molecule has 0 spiro atoms. The fourth-order valence-corrected chi connectivity index (χ4v) is 2.64. The van der Waals surface area contributed by atoms with Gasteiger partial charge in [0.25, 0.3) is 0 Å². The van der Waals surface area contributed by atoms with Crippen LogP contribution in [0.2, 0.25) is 0 Å². The highest BCUT2D eigenvalue weighted by Crippen LogP contribution is 2.11. The molecular weight excluding hydrogens is 246 g/mol. The van der Waals surface area contributed by atoms with Crippen molar-refractivity contribution >= 4 is 11.8 Å².